The lowest BCUT2D eigenvalue weighted by Gasteiger charge is -2.05. The van der Waals surface area contributed by atoms with E-state index in [2.05, 4.69) is 6.92 Å². The van der Waals surface area contributed by atoms with Gasteiger partial charge < -0.3 is 5.11 Å². The Balaban J connectivity index is 3.04. The lowest BCUT2D eigenvalue weighted by atomic mass is 10.1. The van der Waals surface area contributed by atoms with Crippen molar-refractivity contribution in [1.29, 1.82) is 0 Å². The van der Waals surface area contributed by atoms with Gasteiger partial charge in [-0.15, -0.1) is 11.8 Å². The molecule has 3 heteroatoms. The molecule has 21 heavy (non-hydrogen) atoms. The van der Waals surface area contributed by atoms with Crippen molar-refractivity contribution < 1.29 is 9.90 Å². The van der Waals surface area contributed by atoms with E-state index in [1.807, 2.05) is 0 Å². The van der Waals surface area contributed by atoms with E-state index in [1.165, 1.54) is 83.5 Å². The molecule has 0 saturated carbocycles. The van der Waals surface area contributed by atoms with Gasteiger partial charge in [0.25, 0.3) is 0 Å². The summed E-state index contributed by atoms with van der Waals surface area (Å²) in [5.74, 6) is 0.306. The van der Waals surface area contributed by atoms with Crippen molar-refractivity contribution in [3.8, 4) is 0 Å². The smallest absolute Gasteiger partial charge is 0.316 e. The van der Waals surface area contributed by atoms with Crippen LogP contribution in [0.4, 0.5) is 0 Å². The molecule has 0 aliphatic carbocycles. The number of hydrogen-bond donors (Lipinski definition) is 1. The van der Waals surface area contributed by atoms with Crippen molar-refractivity contribution in [3.63, 3.8) is 0 Å². The van der Waals surface area contributed by atoms with Crippen LogP contribution in [0.25, 0.3) is 0 Å². The monoisotopic (exact) mass is 316 g/mol. The van der Waals surface area contributed by atoms with Crippen molar-refractivity contribution in [1.82, 2.24) is 0 Å². The highest BCUT2D eigenvalue weighted by atomic mass is 32.2. The molecule has 0 fully saturated rings. The summed E-state index contributed by atoms with van der Waals surface area (Å²) in [7, 11) is 0. The third-order valence-electron chi connectivity index (χ3n) is 3.96. The zero-order valence-corrected chi connectivity index (χ0v) is 15.1. The van der Waals surface area contributed by atoms with E-state index >= 15 is 0 Å². The Bertz CT molecular complexity index is 231. The molecule has 0 rings (SSSR count). The first-order valence-corrected chi connectivity index (χ1v) is 10.1. The molecule has 1 atom stereocenters. The van der Waals surface area contributed by atoms with Crippen molar-refractivity contribution >= 4 is 17.7 Å². The molecule has 0 aliphatic rings. The van der Waals surface area contributed by atoms with Gasteiger partial charge in [-0.3, -0.25) is 4.79 Å². The van der Waals surface area contributed by atoms with E-state index in [9.17, 15) is 4.79 Å². The van der Waals surface area contributed by atoms with Gasteiger partial charge in [0.1, 0.15) is 0 Å². The molecule has 0 aromatic carbocycles. The van der Waals surface area contributed by atoms with E-state index < -0.39 is 5.97 Å². The minimum atomic E-state index is -0.685. The number of carbonyl (C=O) groups is 1. The summed E-state index contributed by atoms with van der Waals surface area (Å²) in [5.41, 5.74) is 0. The Labute approximate surface area is 136 Å². The normalized spacial score (nSPS) is 12.5. The Hall–Kier alpha value is -0.180. The predicted molar refractivity (Wildman–Crippen MR) is 95.3 cm³/mol. The third-order valence-corrected chi connectivity index (χ3v) is 5.19. The SMILES string of the molecule is CCCCCCCCCCCCCCCSC(C)C(=O)O. The van der Waals surface area contributed by atoms with Gasteiger partial charge in [0, 0.05) is 0 Å². The molecule has 0 radical (unpaired) electrons. The minimum Gasteiger partial charge on any atom is -0.480 e. The number of unbranched alkanes of at least 4 members (excludes halogenated alkanes) is 12. The van der Waals surface area contributed by atoms with Gasteiger partial charge in [0.05, 0.1) is 5.25 Å². The van der Waals surface area contributed by atoms with E-state index in [0.29, 0.717) is 0 Å². The van der Waals surface area contributed by atoms with Gasteiger partial charge >= 0.3 is 5.97 Å². The highest BCUT2D eigenvalue weighted by Gasteiger charge is 2.09. The summed E-state index contributed by atoms with van der Waals surface area (Å²) in [6.07, 6.45) is 17.8. The van der Waals surface area contributed by atoms with Crippen LogP contribution in [-0.2, 0) is 4.79 Å². The number of aliphatic carboxylic acids is 1. The predicted octanol–water partition coefficient (Wildman–Crippen LogP) is 6.28. The van der Waals surface area contributed by atoms with Gasteiger partial charge in [-0.25, -0.2) is 0 Å². The maximum atomic E-state index is 10.6. The molecule has 0 saturated heterocycles. The fourth-order valence-electron chi connectivity index (χ4n) is 2.45. The summed E-state index contributed by atoms with van der Waals surface area (Å²) in [4.78, 5) is 10.6. The maximum Gasteiger partial charge on any atom is 0.316 e. The van der Waals surface area contributed by atoms with Crippen LogP contribution in [-0.4, -0.2) is 22.1 Å². The second-order valence-electron chi connectivity index (χ2n) is 6.09. The number of carboxylic acids is 1. The molecule has 0 aromatic rings. The lowest BCUT2D eigenvalue weighted by Crippen LogP contribution is -2.11. The topological polar surface area (TPSA) is 37.3 Å². The van der Waals surface area contributed by atoms with E-state index in [4.69, 9.17) is 5.11 Å². The number of rotatable bonds is 16. The maximum absolute atomic E-state index is 10.6. The zero-order chi connectivity index (χ0) is 15.8. The summed E-state index contributed by atoms with van der Waals surface area (Å²) < 4.78 is 0. The first-order chi connectivity index (χ1) is 10.2. The molecule has 0 amide bonds. The van der Waals surface area contributed by atoms with Crippen LogP contribution in [0.15, 0.2) is 0 Å². The van der Waals surface area contributed by atoms with E-state index in [-0.39, 0.29) is 5.25 Å². The molecule has 1 unspecified atom stereocenters. The molecule has 2 nitrogen and oxygen atoms in total. The summed E-state index contributed by atoms with van der Waals surface area (Å²) in [6.45, 7) is 4.04. The Morgan fingerprint density at radius 1 is 0.810 bits per heavy atom. The molecule has 1 N–H and O–H groups in total. The van der Waals surface area contributed by atoms with Crippen LogP contribution >= 0.6 is 11.8 Å². The van der Waals surface area contributed by atoms with Crippen LogP contribution < -0.4 is 0 Å². The van der Waals surface area contributed by atoms with Crippen molar-refractivity contribution in [3.05, 3.63) is 0 Å². The zero-order valence-electron chi connectivity index (χ0n) is 14.2. The fraction of sp³-hybridized carbons (Fsp3) is 0.944. The fourth-order valence-corrected chi connectivity index (χ4v) is 3.32. The highest BCUT2D eigenvalue weighted by molar-refractivity contribution is 8.00. The largest absolute Gasteiger partial charge is 0.480 e. The third kappa shape index (κ3) is 16.0. The average Bonchev–Trinajstić information content (AvgIpc) is 2.47. The molecule has 0 bridgehead atoms. The second kappa shape index (κ2) is 16.2. The van der Waals surface area contributed by atoms with Gasteiger partial charge in [0.15, 0.2) is 0 Å². The molecule has 0 aromatic heterocycles. The molecule has 0 heterocycles. The Morgan fingerprint density at radius 3 is 1.57 bits per heavy atom. The molecular formula is C18H36O2S. The van der Waals surface area contributed by atoms with Gasteiger partial charge in [-0.2, -0.15) is 0 Å². The van der Waals surface area contributed by atoms with Crippen LogP contribution in [0.3, 0.4) is 0 Å². The lowest BCUT2D eigenvalue weighted by molar-refractivity contribution is -0.136. The molecule has 0 aliphatic heterocycles. The summed E-state index contributed by atoms with van der Waals surface area (Å²) >= 11 is 1.57. The van der Waals surface area contributed by atoms with Gasteiger partial charge in [-0.05, 0) is 19.1 Å². The van der Waals surface area contributed by atoms with Gasteiger partial charge in [0.2, 0.25) is 0 Å². The van der Waals surface area contributed by atoms with E-state index in [0.717, 1.165) is 5.75 Å². The van der Waals surface area contributed by atoms with Crippen molar-refractivity contribution in [2.45, 2.75) is 103 Å². The van der Waals surface area contributed by atoms with Crippen LogP contribution in [0.2, 0.25) is 0 Å². The second-order valence-corrected chi connectivity index (χ2v) is 7.54. The molecule has 126 valence electrons. The number of hydrogen-bond acceptors (Lipinski definition) is 2. The van der Waals surface area contributed by atoms with Crippen LogP contribution in [0.5, 0.6) is 0 Å². The van der Waals surface area contributed by atoms with Crippen LogP contribution in [0.1, 0.15) is 97.3 Å². The first-order valence-electron chi connectivity index (χ1n) is 9.03. The summed E-state index contributed by atoms with van der Waals surface area (Å²) in [5, 5.41) is 8.52. The van der Waals surface area contributed by atoms with Crippen LogP contribution in [0, 0.1) is 0 Å². The van der Waals surface area contributed by atoms with Crippen molar-refractivity contribution in [2.75, 3.05) is 5.75 Å². The highest BCUT2D eigenvalue weighted by Crippen LogP contribution is 2.15. The average molecular weight is 317 g/mol. The molecular weight excluding hydrogens is 280 g/mol. The first kappa shape index (κ1) is 20.8. The van der Waals surface area contributed by atoms with Gasteiger partial charge in [-0.1, -0.05) is 84.0 Å². The van der Waals surface area contributed by atoms with Crippen molar-refractivity contribution in [2.24, 2.45) is 0 Å². The molecule has 0 spiro atoms. The van der Waals surface area contributed by atoms with E-state index in [1.54, 1.807) is 18.7 Å². The quantitative estimate of drug-likeness (QED) is 0.340. The Morgan fingerprint density at radius 2 is 1.19 bits per heavy atom. The number of carboxylic acid groups (broad SMARTS) is 1. The number of thioether (sulfide) groups is 1. The summed E-state index contributed by atoms with van der Waals surface area (Å²) in [6, 6.07) is 0. The standard InChI is InChI=1S/C18H36O2S/c1-3-4-5-6-7-8-9-10-11-12-13-14-15-16-21-17(2)18(19)20/h17H,3-16H2,1-2H3,(H,19,20). The Kier molecular flexibility index (Phi) is 16.1. The minimum absolute atomic E-state index is 0.248.